The van der Waals surface area contributed by atoms with E-state index < -0.39 is 20.6 Å². The van der Waals surface area contributed by atoms with E-state index in [-0.39, 0.29) is 49.4 Å². The van der Waals surface area contributed by atoms with Gasteiger partial charge in [0.25, 0.3) is 0 Å². The molecule has 0 spiro atoms. The third-order valence-corrected chi connectivity index (χ3v) is 11.5. The molecule has 0 saturated heterocycles. The van der Waals surface area contributed by atoms with Gasteiger partial charge in [-0.3, -0.25) is 9.13 Å². The summed E-state index contributed by atoms with van der Waals surface area (Å²) < 4.78 is 52.4. The first-order valence-electron chi connectivity index (χ1n) is 13.7. The molecular formula is C28H52O7P2. The van der Waals surface area contributed by atoms with Crippen LogP contribution < -0.4 is 0 Å². The van der Waals surface area contributed by atoms with E-state index >= 15 is 0 Å². The van der Waals surface area contributed by atoms with Crippen molar-refractivity contribution >= 4 is 15.2 Å². The van der Waals surface area contributed by atoms with E-state index in [9.17, 15) is 14.2 Å². The fraction of sp³-hybridized carbons (Fsp3) is 0.786. The van der Waals surface area contributed by atoms with Crippen LogP contribution in [0, 0.1) is 0 Å². The molecule has 0 amide bonds. The summed E-state index contributed by atoms with van der Waals surface area (Å²) in [6.45, 7) is 20.7. The standard InChI is InChI=1S/C28H52O7P2/c1-11-15-32-36(30,33-16-12-2)25(37(31,34-17-13-3)35-18-14-4)21-22-19-23(27(5,6)7)26(29)24(20-22)28(8,9)10/h19-20,25,29H,11-18,21H2,1-10H3. The second-order valence-corrected chi connectivity index (χ2v) is 16.5. The van der Waals surface area contributed by atoms with Crippen molar-refractivity contribution in [1.82, 2.24) is 0 Å². The lowest BCUT2D eigenvalue weighted by molar-refractivity contribution is 0.180. The Hall–Kier alpha value is -0.680. The molecule has 1 aromatic carbocycles. The first kappa shape index (κ1) is 34.3. The summed E-state index contributed by atoms with van der Waals surface area (Å²) in [5.74, 6) is 0.251. The van der Waals surface area contributed by atoms with Crippen molar-refractivity contribution in [2.24, 2.45) is 0 Å². The summed E-state index contributed by atoms with van der Waals surface area (Å²) in [5, 5.41) is 10.1. The highest BCUT2D eigenvalue weighted by molar-refractivity contribution is 7.72. The second-order valence-electron chi connectivity index (χ2n) is 11.6. The molecular weight excluding hydrogens is 510 g/mol. The third-order valence-electron chi connectivity index (χ3n) is 5.84. The van der Waals surface area contributed by atoms with Gasteiger partial charge in [-0.15, -0.1) is 0 Å². The average Bonchev–Trinajstić information content (AvgIpc) is 2.81. The maximum absolute atomic E-state index is 14.4. The molecule has 0 fully saturated rings. The molecule has 0 bridgehead atoms. The Labute approximate surface area is 226 Å². The van der Waals surface area contributed by atoms with E-state index in [4.69, 9.17) is 18.1 Å². The summed E-state index contributed by atoms with van der Waals surface area (Å²) in [5.41, 5.74) is 1.62. The van der Waals surface area contributed by atoms with E-state index in [0.717, 1.165) is 16.7 Å². The number of benzene rings is 1. The Bertz CT molecular complexity index is 838. The molecule has 0 saturated carbocycles. The van der Waals surface area contributed by atoms with Crippen LogP contribution in [0.5, 0.6) is 5.75 Å². The van der Waals surface area contributed by atoms with Crippen molar-refractivity contribution in [2.75, 3.05) is 26.4 Å². The molecule has 0 aromatic heterocycles. The molecule has 37 heavy (non-hydrogen) atoms. The van der Waals surface area contributed by atoms with E-state index in [0.29, 0.717) is 25.7 Å². The highest BCUT2D eigenvalue weighted by Crippen LogP contribution is 2.71. The van der Waals surface area contributed by atoms with Gasteiger partial charge in [0.1, 0.15) is 5.75 Å². The summed E-state index contributed by atoms with van der Waals surface area (Å²) >= 11 is 0. The molecule has 0 heterocycles. The number of phenolic OH excluding ortho intramolecular Hbond substituents is 1. The van der Waals surface area contributed by atoms with Crippen LogP contribution in [0.15, 0.2) is 12.1 Å². The molecule has 1 aromatic rings. The van der Waals surface area contributed by atoms with Gasteiger partial charge in [-0.25, -0.2) is 0 Å². The fourth-order valence-corrected chi connectivity index (χ4v) is 9.50. The van der Waals surface area contributed by atoms with Crippen molar-refractivity contribution < 1.29 is 32.3 Å². The first-order valence-corrected chi connectivity index (χ1v) is 17.0. The lowest BCUT2D eigenvalue weighted by atomic mass is 9.78. The van der Waals surface area contributed by atoms with Gasteiger partial charge in [-0.05, 0) is 59.6 Å². The lowest BCUT2D eigenvalue weighted by Crippen LogP contribution is -2.23. The summed E-state index contributed by atoms with van der Waals surface area (Å²) in [6, 6.07) is 3.82. The fourth-order valence-electron chi connectivity index (χ4n) is 3.86. The van der Waals surface area contributed by atoms with Crippen LogP contribution in [0.1, 0.15) is 112 Å². The number of rotatable bonds is 16. The van der Waals surface area contributed by atoms with Gasteiger partial charge in [0, 0.05) is 0 Å². The predicted octanol–water partition coefficient (Wildman–Crippen LogP) is 8.95. The normalized spacial score (nSPS) is 13.5. The van der Waals surface area contributed by atoms with Gasteiger partial charge in [0.2, 0.25) is 0 Å². The van der Waals surface area contributed by atoms with Crippen LogP contribution in [0.4, 0.5) is 0 Å². The molecule has 7 nitrogen and oxygen atoms in total. The largest absolute Gasteiger partial charge is 0.507 e. The number of hydrogen-bond acceptors (Lipinski definition) is 7. The second kappa shape index (κ2) is 14.6. The van der Waals surface area contributed by atoms with Gasteiger partial charge >= 0.3 is 15.2 Å². The quantitative estimate of drug-likeness (QED) is 0.201. The van der Waals surface area contributed by atoms with Gasteiger partial charge < -0.3 is 23.2 Å². The van der Waals surface area contributed by atoms with Crippen LogP contribution in [-0.4, -0.2) is 36.9 Å². The zero-order chi connectivity index (χ0) is 28.5. The minimum atomic E-state index is -3.93. The smallest absolute Gasteiger partial charge is 0.346 e. The molecule has 216 valence electrons. The Morgan fingerprint density at radius 2 is 0.973 bits per heavy atom. The van der Waals surface area contributed by atoms with Crippen LogP contribution in [0.2, 0.25) is 0 Å². The van der Waals surface area contributed by atoms with Crippen molar-refractivity contribution in [3.8, 4) is 5.75 Å². The van der Waals surface area contributed by atoms with E-state index in [2.05, 4.69) is 0 Å². The molecule has 0 aliphatic heterocycles. The third kappa shape index (κ3) is 9.78. The molecule has 1 rings (SSSR count). The molecule has 0 radical (unpaired) electrons. The zero-order valence-corrected chi connectivity index (χ0v) is 26.7. The van der Waals surface area contributed by atoms with Crippen molar-refractivity contribution in [2.45, 2.75) is 118 Å². The Balaban J connectivity index is 3.87. The first-order chi connectivity index (χ1) is 17.1. The summed E-state index contributed by atoms with van der Waals surface area (Å²) in [4.78, 5) is 0. The van der Waals surface area contributed by atoms with Crippen LogP contribution in [-0.2, 0) is 44.5 Å². The van der Waals surface area contributed by atoms with Gasteiger partial charge in [0.15, 0.2) is 5.40 Å². The number of hydrogen-bond donors (Lipinski definition) is 1. The molecule has 1 N–H and O–H groups in total. The van der Waals surface area contributed by atoms with E-state index in [1.165, 1.54) is 0 Å². The van der Waals surface area contributed by atoms with E-state index in [1.807, 2.05) is 81.4 Å². The molecule has 0 atom stereocenters. The highest BCUT2D eigenvalue weighted by atomic mass is 31.2. The van der Waals surface area contributed by atoms with Crippen LogP contribution >= 0.6 is 15.2 Å². The van der Waals surface area contributed by atoms with Crippen molar-refractivity contribution in [3.05, 3.63) is 28.8 Å². The Kier molecular flexibility index (Phi) is 13.6. The molecule has 0 unspecified atom stereocenters. The van der Waals surface area contributed by atoms with Gasteiger partial charge in [0.05, 0.1) is 26.4 Å². The average molecular weight is 563 g/mol. The van der Waals surface area contributed by atoms with Gasteiger partial charge in [-0.2, -0.15) is 0 Å². The van der Waals surface area contributed by atoms with E-state index in [1.54, 1.807) is 0 Å². The minimum Gasteiger partial charge on any atom is -0.507 e. The Morgan fingerprint density at radius 1 is 0.676 bits per heavy atom. The summed E-state index contributed by atoms with van der Waals surface area (Å²) in [7, 11) is -7.86. The highest BCUT2D eigenvalue weighted by Gasteiger charge is 2.51. The maximum atomic E-state index is 14.4. The van der Waals surface area contributed by atoms with Crippen molar-refractivity contribution in [3.63, 3.8) is 0 Å². The topological polar surface area (TPSA) is 91.3 Å². The monoisotopic (exact) mass is 562 g/mol. The predicted molar refractivity (Wildman–Crippen MR) is 153 cm³/mol. The minimum absolute atomic E-state index is 0.0991. The van der Waals surface area contributed by atoms with Crippen molar-refractivity contribution in [1.29, 1.82) is 0 Å². The maximum Gasteiger partial charge on any atom is 0.346 e. The van der Waals surface area contributed by atoms with Crippen LogP contribution in [0.3, 0.4) is 0 Å². The lowest BCUT2D eigenvalue weighted by Gasteiger charge is -2.33. The zero-order valence-electron chi connectivity index (χ0n) is 24.9. The SMILES string of the molecule is CCCOP(=O)(OCCC)C(Cc1cc(C(C)(C)C)c(O)c(C(C)(C)C)c1)P(=O)(OCCC)OCCC. The molecule has 9 heteroatoms. The summed E-state index contributed by atoms with van der Waals surface area (Å²) in [6.07, 6.45) is 2.61. The number of phenols is 1. The number of aromatic hydroxyl groups is 1. The molecule has 0 aliphatic carbocycles. The van der Waals surface area contributed by atoms with Crippen LogP contribution in [0.25, 0.3) is 0 Å². The molecule has 0 aliphatic rings. The van der Waals surface area contributed by atoms with Gasteiger partial charge in [-0.1, -0.05) is 81.4 Å². The Morgan fingerprint density at radius 3 is 1.22 bits per heavy atom.